The van der Waals surface area contributed by atoms with Gasteiger partial charge in [-0.1, -0.05) is 18.9 Å². The molecule has 1 aromatic rings. The average Bonchev–Trinajstić information content (AvgIpc) is 2.97. The predicted octanol–water partition coefficient (Wildman–Crippen LogP) is 1.49. The third kappa shape index (κ3) is 3.87. The van der Waals surface area contributed by atoms with Crippen molar-refractivity contribution in [1.29, 1.82) is 0 Å². The average molecular weight is 292 g/mol. The van der Waals surface area contributed by atoms with Crippen molar-refractivity contribution in [2.75, 3.05) is 19.5 Å². The Morgan fingerprint density at radius 1 is 1.33 bits per heavy atom. The largest absolute Gasteiger partial charge is 0.496 e. The molecule has 2 rings (SSSR count). The van der Waals surface area contributed by atoms with E-state index >= 15 is 0 Å². The number of hydrogen-bond donors (Lipinski definition) is 2. The van der Waals surface area contributed by atoms with E-state index in [4.69, 9.17) is 15.2 Å². The second kappa shape index (κ2) is 6.97. The van der Waals surface area contributed by atoms with Crippen LogP contribution in [0.15, 0.2) is 18.2 Å². The molecule has 0 saturated heterocycles. The summed E-state index contributed by atoms with van der Waals surface area (Å²) in [6.07, 6.45) is 4.23. The van der Waals surface area contributed by atoms with Gasteiger partial charge in [0, 0.05) is 11.7 Å². The van der Waals surface area contributed by atoms with E-state index in [-0.39, 0.29) is 29.8 Å². The van der Waals surface area contributed by atoms with Crippen LogP contribution in [0.3, 0.4) is 0 Å². The molecule has 114 valence electrons. The van der Waals surface area contributed by atoms with Gasteiger partial charge in [-0.25, -0.2) is 4.79 Å². The molecule has 21 heavy (non-hydrogen) atoms. The van der Waals surface area contributed by atoms with E-state index in [0.717, 1.165) is 25.7 Å². The first-order valence-electron chi connectivity index (χ1n) is 7.00. The maximum absolute atomic E-state index is 12.0. The van der Waals surface area contributed by atoms with Crippen molar-refractivity contribution in [3.05, 3.63) is 23.8 Å². The minimum absolute atomic E-state index is 0.147. The number of esters is 1. The van der Waals surface area contributed by atoms with Gasteiger partial charge in [0.1, 0.15) is 11.3 Å². The van der Waals surface area contributed by atoms with E-state index in [1.807, 2.05) is 0 Å². The van der Waals surface area contributed by atoms with E-state index in [1.54, 1.807) is 18.2 Å². The highest BCUT2D eigenvalue weighted by molar-refractivity contribution is 5.99. The van der Waals surface area contributed by atoms with Gasteiger partial charge in [0.15, 0.2) is 6.61 Å². The molecule has 0 aromatic heterocycles. The zero-order valence-corrected chi connectivity index (χ0v) is 12.1. The molecule has 1 aliphatic carbocycles. The Bertz CT molecular complexity index is 524. The molecule has 0 unspecified atom stereocenters. The van der Waals surface area contributed by atoms with Crippen LogP contribution in [0.4, 0.5) is 5.69 Å². The van der Waals surface area contributed by atoms with E-state index < -0.39 is 5.97 Å². The smallest absolute Gasteiger partial charge is 0.344 e. The monoisotopic (exact) mass is 292 g/mol. The van der Waals surface area contributed by atoms with Crippen molar-refractivity contribution in [2.45, 2.75) is 31.7 Å². The molecule has 1 aromatic carbocycles. The van der Waals surface area contributed by atoms with E-state index in [2.05, 4.69) is 5.32 Å². The molecule has 1 saturated carbocycles. The number of benzene rings is 1. The lowest BCUT2D eigenvalue weighted by Gasteiger charge is -2.13. The first-order valence-corrected chi connectivity index (χ1v) is 7.00. The SMILES string of the molecule is COc1cccc(N)c1C(=O)OCC(=O)NC1CCCC1. The third-order valence-corrected chi connectivity index (χ3v) is 3.54. The van der Waals surface area contributed by atoms with Gasteiger partial charge < -0.3 is 20.5 Å². The first kappa shape index (κ1) is 15.2. The van der Waals surface area contributed by atoms with Crippen molar-refractivity contribution in [3.63, 3.8) is 0 Å². The number of carbonyl (C=O) groups excluding carboxylic acids is 2. The molecule has 1 fully saturated rings. The maximum Gasteiger partial charge on any atom is 0.344 e. The van der Waals surface area contributed by atoms with Gasteiger partial charge in [0.25, 0.3) is 5.91 Å². The van der Waals surface area contributed by atoms with Crippen LogP contribution in [0.2, 0.25) is 0 Å². The van der Waals surface area contributed by atoms with Crippen LogP contribution in [0.5, 0.6) is 5.75 Å². The zero-order chi connectivity index (χ0) is 15.2. The number of methoxy groups -OCH3 is 1. The van der Waals surface area contributed by atoms with Crippen LogP contribution in [-0.2, 0) is 9.53 Å². The number of nitrogen functional groups attached to an aromatic ring is 1. The number of rotatable bonds is 5. The van der Waals surface area contributed by atoms with Gasteiger partial charge in [-0.2, -0.15) is 0 Å². The van der Waals surface area contributed by atoms with Crippen LogP contribution in [0.1, 0.15) is 36.0 Å². The predicted molar refractivity (Wildman–Crippen MR) is 78.1 cm³/mol. The number of amides is 1. The fraction of sp³-hybridized carbons (Fsp3) is 0.467. The van der Waals surface area contributed by atoms with Gasteiger partial charge in [-0.15, -0.1) is 0 Å². The Balaban J connectivity index is 1.91. The Labute approximate surface area is 123 Å². The van der Waals surface area contributed by atoms with Crippen molar-refractivity contribution in [3.8, 4) is 5.75 Å². The molecular weight excluding hydrogens is 272 g/mol. The maximum atomic E-state index is 12.0. The molecule has 0 bridgehead atoms. The number of anilines is 1. The summed E-state index contributed by atoms with van der Waals surface area (Å²) in [5.74, 6) is -0.619. The summed E-state index contributed by atoms with van der Waals surface area (Å²) in [6, 6.07) is 5.08. The third-order valence-electron chi connectivity index (χ3n) is 3.54. The summed E-state index contributed by atoms with van der Waals surface area (Å²) in [5, 5.41) is 2.85. The lowest BCUT2D eigenvalue weighted by atomic mass is 10.1. The molecule has 6 heteroatoms. The van der Waals surface area contributed by atoms with Crippen LogP contribution in [0, 0.1) is 0 Å². The number of hydrogen-bond acceptors (Lipinski definition) is 5. The van der Waals surface area contributed by atoms with Gasteiger partial charge >= 0.3 is 5.97 Å². The molecule has 1 amide bonds. The van der Waals surface area contributed by atoms with Gasteiger partial charge in [0.05, 0.1) is 7.11 Å². The van der Waals surface area contributed by atoms with Crippen molar-refractivity contribution < 1.29 is 19.1 Å². The van der Waals surface area contributed by atoms with Crippen LogP contribution in [0.25, 0.3) is 0 Å². The van der Waals surface area contributed by atoms with Gasteiger partial charge in [-0.3, -0.25) is 4.79 Å². The van der Waals surface area contributed by atoms with Crippen LogP contribution in [-0.4, -0.2) is 31.6 Å². The fourth-order valence-corrected chi connectivity index (χ4v) is 2.48. The summed E-state index contributed by atoms with van der Waals surface area (Å²) >= 11 is 0. The van der Waals surface area contributed by atoms with E-state index in [1.165, 1.54) is 7.11 Å². The molecule has 0 spiro atoms. The Hall–Kier alpha value is -2.24. The molecule has 0 heterocycles. The Morgan fingerprint density at radius 3 is 2.71 bits per heavy atom. The number of nitrogens with one attached hydrogen (secondary N) is 1. The highest BCUT2D eigenvalue weighted by atomic mass is 16.5. The summed E-state index contributed by atoms with van der Waals surface area (Å²) in [4.78, 5) is 23.7. The van der Waals surface area contributed by atoms with E-state index in [0.29, 0.717) is 5.75 Å². The lowest BCUT2D eigenvalue weighted by Crippen LogP contribution is -2.36. The van der Waals surface area contributed by atoms with Crippen LogP contribution < -0.4 is 15.8 Å². The van der Waals surface area contributed by atoms with E-state index in [9.17, 15) is 9.59 Å². The summed E-state index contributed by atoms with van der Waals surface area (Å²) in [5.41, 5.74) is 6.16. The second-order valence-electron chi connectivity index (χ2n) is 5.05. The van der Waals surface area contributed by atoms with Crippen molar-refractivity contribution in [1.82, 2.24) is 5.32 Å². The molecular formula is C15H20N2O4. The minimum atomic E-state index is -0.661. The highest BCUT2D eigenvalue weighted by Crippen LogP contribution is 2.24. The summed E-state index contributed by atoms with van der Waals surface area (Å²) < 4.78 is 10.1. The molecule has 0 atom stereocenters. The molecule has 0 radical (unpaired) electrons. The van der Waals surface area contributed by atoms with Crippen molar-refractivity contribution >= 4 is 17.6 Å². The lowest BCUT2D eigenvalue weighted by molar-refractivity contribution is -0.124. The number of ether oxygens (including phenoxy) is 2. The second-order valence-corrected chi connectivity index (χ2v) is 5.05. The van der Waals surface area contributed by atoms with Crippen LogP contribution >= 0.6 is 0 Å². The molecule has 1 aliphatic rings. The topological polar surface area (TPSA) is 90.7 Å². The summed E-state index contributed by atoms with van der Waals surface area (Å²) in [6.45, 7) is -0.313. The molecule has 3 N–H and O–H groups in total. The Kier molecular flexibility index (Phi) is 5.03. The fourth-order valence-electron chi connectivity index (χ4n) is 2.48. The van der Waals surface area contributed by atoms with Gasteiger partial charge in [-0.05, 0) is 25.0 Å². The number of carbonyl (C=O) groups is 2. The Morgan fingerprint density at radius 2 is 2.05 bits per heavy atom. The minimum Gasteiger partial charge on any atom is -0.496 e. The molecule has 0 aliphatic heterocycles. The first-order chi connectivity index (χ1) is 10.1. The summed E-state index contributed by atoms with van der Waals surface area (Å²) in [7, 11) is 1.44. The zero-order valence-electron chi connectivity index (χ0n) is 12.1. The highest BCUT2D eigenvalue weighted by Gasteiger charge is 2.20. The van der Waals surface area contributed by atoms with Gasteiger partial charge in [0.2, 0.25) is 0 Å². The number of nitrogens with two attached hydrogens (primary N) is 1. The quantitative estimate of drug-likeness (QED) is 0.634. The normalized spacial score (nSPS) is 14.7. The molecule has 6 nitrogen and oxygen atoms in total. The van der Waals surface area contributed by atoms with Crippen molar-refractivity contribution in [2.24, 2.45) is 0 Å². The standard InChI is InChI=1S/C15H20N2O4/c1-20-12-8-4-7-11(16)14(12)15(19)21-9-13(18)17-10-5-2-3-6-10/h4,7-8,10H,2-3,5-6,9,16H2,1H3,(H,17,18).